The summed E-state index contributed by atoms with van der Waals surface area (Å²) in [4.78, 5) is 25.6. The molecule has 2 aliphatic heterocycles. The number of aliphatic hydroxyl groups excluding tert-OH is 2. The zero-order valence-electron chi connectivity index (χ0n) is 19.7. The second kappa shape index (κ2) is 9.61. The Hall–Kier alpha value is -3.74. The quantitative estimate of drug-likeness (QED) is 0.372. The number of benzene rings is 2. The van der Waals surface area contributed by atoms with E-state index in [1.54, 1.807) is 28.8 Å². The molecule has 11 nitrogen and oxygen atoms in total. The summed E-state index contributed by atoms with van der Waals surface area (Å²) in [5, 5.41) is 24.4. The third-order valence-corrected chi connectivity index (χ3v) is 6.84. The Kier molecular flexibility index (Phi) is 6.14. The van der Waals surface area contributed by atoms with Gasteiger partial charge in [0.2, 0.25) is 0 Å². The summed E-state index contributed by atoms with van der Waals surface area (Å²) in [7, 11) is 0. The Balaban J connectivity index is 1.29. The van der Waals surface area contributed by atoms with Crippen LogP contribution < -0.4 is 5.32 Å². The summed E-state index contributed by atoms with van der Waals surface area (Å²) in [6.07, 6.45) is 0.169. The van der Waals surface area contributed by atoms with Gasteiger partial charge in [0.05, 0.1) is 32.2 Å². The van der Waals surface area contributed by atoms with Gasteiger partial charge in [-0.3, -0.25) is 4.79 Å². The summed E-state index contributed by atoms with van der Waals surface area (Å²) >= 11 is 0. The Morgan fingerprint density at radius 3 is 2.59 bits per heavy atom. The maximum absolute atomic E-state index is 12.7. The summed E-state index contributed by atoms with van der Waals surface area (Å²) in [6.45, 7) is -0.270. The lowest BCUT2D eigenvalue weighted by Gasteiger charge is -2.51. The van der Waals surface area contributed by atoms with Crippen molar-refractivity contribution >= 4 is 22.9 Å². The van der Waals surface area contributed by atoms with Gasteiger partial charge < -0.3 is 34.3 Å². The van der Waals surface area contributed by atoms with E-state index < -0.39 is 30.1 Å². The topological polar surface area (TPSA) is 141 Å². The van der Waals surface area contributed by atoms with Crippen LogP contribution in [0.1, 0.15) is 28.3 Å². The van der Waals surface area contributed by atoms with Gasteiger partial charge in [-0.1, -0.05) is 48.5 Å². The highest BCUT2D eigenvalue weighted by atomic mass is 16.7. The van der Waals surface area contributed by atoms with Gasteiger partial charge in [0, 0.05) is 11.1 Å². The van der Waals surface area contributed by atoms with Crippen LogP contribution in [0.15, 0.2) is 73.3 Å². The van der Waals surface area contributed by atoms with E-state index in [2.05, 4.69) is 20.3 Å². The van der Waals surface area contributed by atoms with Crippen LogP contribution in [0.25, 0.3) is 11.2 Å². The lowest BCUT2D eigenvalue weighted by atomic mass is 9.86. The van der Waals surface area contributed by atoms with Crippen molar-refractivity contribution in [1.82, 2.24) is 19.5 Å². The molecule has 0 unspecified atom stereocenters. The molecule has 5 atom stereocenters. The number of imidazole rings is 1. The second-order valence-corrected chi connectivity index (χ2v) is 9.07. The maximum atomic E-state index is 12.7. The average molecular weight is 504 g/mol. The van der Waals surface area contributed by atoms with Crippen LogP contribution >= 0.6 is 0 Å². The highest BCUT2D eigenvalue weighted by Crippen LogP contribution is 2.41. The summed E-state index contributed by atoms with van der Waals surface area (Å²) in [5.74, 6) is -0.0774. The molecule has 0 bridgehead atoms. The van der Waals surface area contributed by atoms with Gasteiger partial charge in [0.25, 0.3) is 5.91 Å². The third kappa shape index (κ3) is 4.16. The second-order valence-electron chi connectivity index (χ2n) is 9.07. The zero-order chi connectivity index (χ0) is 25.4. The number of fused-ring (bicyclic) bond motifs is 2. The van der Waals surface area contributed by atoms with E-state index in [-0.39, 0.29) is 31.5 Å². The smallest absolute Gasteiger partial charge is 0.256 e. The van der Waals surface area contributed by atoms with Crippen molar-refractivity contribution in [3.63, 3.8) is 0 Å². The van der Waals surface area contributed by atoms with Crippen molar-refractivity contribution in [1.29, 1.82) is 0 Å². The molecule has 11 heteroatoms. The number of nitrogens with zero attached hydrogens (tertiary/aromatic N) is 4. The lowest BCUT2D eigenvalue weighted by molar-refractivity contribution is -0.350. The number of aliphatic hydroxyl groups is 2. The van der Waals surface area contributed by atoms with Crippen LogP contribution in [0.4, 0.5) is 5.82 Å². The molecule has 0 saturated carbocycles. The number of nitrogens with one attached hydrogen (secondary N) is 1. The minimum absolute atomic E-state index is 0.0556. The van der Waals surface area contributed by atoms with Crippen molar-refractivity contribution in [2.75, 3.05) is 25.1 Å². The van der Waals surface area contributed by atoms with Crippen molar-refractivity contribution in [3.05, 3.63) is 84.4 Å². The number of hydrogen-bond donors (Lipinski definition) is 3. The molecule has 0 spiro atoms. The van der Waals surface area contributed by atoms with Crippen LogP contribution in [0.2, 0.25) is 0 Å². The van der Waals surface area contributed by atoms with Crippen molar-refractivity contribution in [3.8, 4) is 0 Å². The van der Waals surface area contributed by atoms with E-state index in [1.165, 1.54) is 12.7 Å². The minimum atomic E-state index is -1.21. The number of carbonyl (C=O) groups excluding carboxylic acids is 1. The number of amides is 1. The van der Waals surface area contributed by atoms with Crippen LogP contribution in [-0.4, -0.2) is 73.3 Å². The fourth-order valence-electron chi connectivity index (χ4n) is 4.83. The van der Waals surface area contributed by atoms with Gasteiger partial charge in [0.1, 0.15) is 24.1 Å². The summed E-state index contributed by atoms with van der Waals surface area (Å²) < 4.78 is 19.8. The molecule has 4 aromatic rings. The highest BCUT2D eigenvalue weighted by molar-refractivity contribution is 6.06. The molecule has 6 rings (SSSR count). The van der Waals surface area contributed by atoms with Crippen LogP contribution in [0.5, 0.6) is 0 Å². The number of ether oxygens (including phenoxy) is 3. The first-order chi connectivity index (χ1) is 18.1. The van der Waals surface area contributed by atoms with Gasteiger partial charge in [-0.2, -0.15) is 0 Å². The number of hydrogen-bond acceptors (Lipinski definition) is 9. The van der Waals surface area contributed by atoms with Crippen LogP contribution in [-0.2, 0) is 14.2 Å². The number of aromatic nitrogens is 4. The Bertz CT molecular complexity index is 1400. The fourth-order valence-corrected chi connectivity index (χ4v) is 4.83. The van der Waals surface area contributed by atoms with E-state index in [4.69, 9.17) is 14.2 Å². The van der Waals surface area contributed by atoms with Gasteiger partial charge in [-0.05, 0) is 12.1 Å². The molecule has 2 aromatic heterocycles. The van der Waals surface area contributed by atoms with E-state index in [0.29, 0.717) is 16.7 Å². The molecule has 1 amide bonds. The molecule has 2 saturated heterocycles. The first-order valence-corrected chi connectivity index (χ1v) is 11.9. The third-order valence-electron chi connectivity index (χ3n) is 6.84. The monoisotopic (exact) mass is 503 g/mol. The van der Waals surface area contributed by atoms with E-state index in [0.717, 1.165) is 5.56 Å². The molecule has 4 heterocycles. The molecule has 37 heavy (non-hydrogen) atoms. The fraction of sp³-hybridized carbons (Fsp3) is 0.308. The van der Waals surface area contributed by atoms with Crippen molar-refractivity contribution in [2.45, 2.75) is 30.1 Å². The number of anilines is 1. The zero-order valence-corrected chi connectivity index (χ0v) is 19.7. The van der Waals surface area contributed by atoms with Crippen LogP contribution in [0.3, 0.4) is 0 Å². The predicted molar refractivity (Wildman–Crippen MR) is 131 cm³/mol. The van der Waals surface area contributed by atoms with Crippen molar-refractivity contribution < 1.29 is 29.2 Å². The molecule has 0 aliphatic carbocycles. The van der Waals surface area contributed by atoms with Crippen LogP contribution in [0, 0.1) is 0 Å². The highest BCUT2D eigenvalue weighted by Gasteiger charge is 2.55. The van der Waals surface area contributed by atoms with Gasteiger partial charge in [-0.25, -0.2) is 15.0 Å². The van der Waals surface area contributed by atoms with Crippen molar-refractivity contribution in [2.24, 2.45) is 0 Å². The molecule has 2 aromatic carbocycles. The maximum Gasteiger partial charge on any atom is 0.256 e. The molecule has 0 radical (unpaired) electrons. The van der Waals surface area contributed by atoms with E-state index in [9.17, 15) is 15.0 Å². The van der Waals surface area contributed by atoms with E-state index >= 15 is 0 Å². The number of rotatable bonds is 5. The Morgan fingerprint density at radius 2 is 1.84 bits per heavy atom. The average Bonchev–Trinajstić information content (AvgIpc) is 3.39. The molecular weight excluding hydrogens is 478 g/mol. The first kappa shape index (κ1) is 23.6. The lowest BCUT2D eigenvalue weighted by Crippen LogP contribution is -2.66. The van der Waals surface area contributed by atoms with E-state index in [1.807, 2.05) is 36.4 Å². The number of carbonyl (C=O) groups is 1. The molecule has 2 fully saturated rings. The summed E-state index contributed by atoms with van der Waals surface area (Å²) in [5.41, 5.74) is 0.849. The van der Waals surface area contributed by atoms with Gasteiger partial charge in [0.15, 0.2) is 23.3 Å². The Labute approximate surface area is 211 Å². The molecule has 3 N–H and O–H groups in total. The first-order valence-electron chi connectivity index (χ1n) is 11.9. The standard InChI is InChI=1S/C26H25N5O6/c32-12-26-13-35-25(17-9-5-2-6-10-17)37-21(26)20(33)18(11-36-26)31-15-29-19-22(27-14-28-23(19)31)30-24(34)16-7-3-1-4-8-16/h1-10,14-15,18,20-21,25,32-33H,11-13H2,(H,27,28,30,34)/t18-,20+,21+,25-,26-/m1/s1. The largest absolute Gasteiger partial charge is 0.393 e. The molecule has 190 valence electrons. The normalized spacial score (nSPS) is 27.5. The SMILES string of the molecule is O=C(Nc1ncnc2c1ncn2[C@@H]1CO[C@]2(CO)CO[C@@H](c3ccccc3)O[C@H]2[C@H]1O)c1ccccc1. The predicted octanol–water partition coefficient (Wildman–Crippen LogP) is 1.86. The molecule has 2 aliphatic rings. The Morgan fingerprint density at radius 1 is 1.08 bits per heavy atom. The van der Waals surface area contributed by atoms with Gasteiger partial charge >= 0.3 is 0 Å². The van der Waals surface area contributed by atoms with Gasteiger partial charge in [-0.15, -0.1) is 0 Å². The molecular formula is C26H25N5O6. The minimum Gasteiger partial charge on any atom is -0.393 e. The summed E-state index contributed by atoms with van der Waals surface area (Å²) in [6, 6.07) is 17.5.